The van der Waals surface area contributed by atoms with Crippen molar-refractivity contribution < 1.29 is 9.59 Å². The quantitative estimate of drug-likeness (QED) is 0.768. The first-order valence-electron chi connectivity index (χ1n) is 7.47. The van der Waals surface area contributed by atoms with Gasteiger partial charge in [-0.25, -0.2) is 0 Å². The minimum absolute atomic E-state index is 0.107. The van der Waals surface area contributed by atoms with Crippen LogP contribution >= 0.6 is 0 Å². The van der Waals surface area contributed by atoms with Gasteiger partial charge in [0.15, 0.2) is 0 Å². The molecule has 3 N–H and O–H groups in total. The summed E-state index contributed by atoms with van der Waals surface area (Å²) in [5, 5.41) is 8.59. The van der Waals surface area contributed by atoms with Gasteiger partial charge in [0.25, 0.3) is 0 Å². The van der Waals surface area contributed by atoms with E-state index in [-0.39, 0.29) is 18.4 Å². The number of carbonyl (C=O) groups excluding carboxylic acids is 2. The molecule has 5 nitrogen and oxygen atoms in total. The molecule has 120 valence electrons. The Kier molecular flexibility index (Phi) is 5.88. The van der Waals surface area contributed by atoms with Crippen LogP contribution in [0.3, 0.4) is 0 Å². The molecule has 2 aromatic carbocycles. The predicted molar refractivity (Wildman–Crippen MR) is 92.3 cm³/mol. The van der Waals surface area contributed by atoms with Gasteiger partial charge in [-0.2, -0.15) is 0 Å². The van der Waals surface area contributed by atoms with Crippen LogP contribution in [0.1, 0.15) is 18.1 Å². The average Bonchev–Trinajstić information content (AvgIpc) is 2.51. The van der Waals surface area contributed by atoms with Crippen LogP contribution < -0.4 is 16.0 Å². The Hall–Kier alpha value is -2.66. The highest BCUT2D eigenvalue weighted by Gasteiger charge is 2.03. The molecule has 0 aliphatic heterocycles. The number of hydrogen-bond acceptors (Lipinski definition) is 3. The summed E-state index contributed by atoms with van der Waals surface area (Å²) < 4.78 is 0. The third-order valence-electron chi connectivity index (χ3n) is 3.22. The second-order valence-electron chi connectivity index (χ2n) is 5.40. The van der Waals surface area contributed by atoms with Crippen molar-refractivity contribution in [3.05, 3.63) is 59.7 Å². The zero-order chi connectivity index (χ0) is 16.7. The molecule has 0 fully saturated rings. The summed E-state index contributed by atoms with van der Waals surface area (Å²) in [5.41, 5.74) is 3.76. The minimum atomic E-state index is -0.123. The fourth-order valence-electron chi connectivity index (χ4n) is 2.07. The first-order valence-corrected chi connectivity index (χ1v) is 7.47. The van der Waals surface area contributed by atoms with E-state index in [9.17, 15) is 9.59 Å². The van der Waals surface area contributed by atoms with Crippen LogP contribution in [-0.4, -0.2) is 18.4 Å². The maximum Gasteiger partial charge on any atom is 0.238 e. The molecule has 23 heavy (non-hydrogen) atoms. The van der Waals surface area contributed by atoms with E-state index in [2.05, 4.69) is 16.0 Å². The smallest absolute Gasteiger partial charge is 0.238 e. The monoisotopic (exact) mass is 311 g/mol. The molecule has 0 bridgehead atoms. The summed E-state index contributed by atoms with van der Waals surface area (Å²) in [6.07, 6.45) is 0. The molecule has 0 saturated carbocycles. The van der Waals surface area contributed by atoms with E-state index in [1.54, 1.807) is 24.3 Å². The van der Waals surface area contributed by atoms with Crippen LogP contribution in [0.4, 0.5) is 11.4 Å². The number of amides is 2. The molecule has 0 aliphatic rings. The Bertz CT molecular complexity index is 664. The molecule has 2 rings (SSSR count). The third-order valence-corrected chi connectivity index (χ3v) is 3.22. The number of carbonyl (C=O) groups is 2. The molecule has 0 aliphatic carbocycles. The number of hydrogen-bond donors (Lipinski definition) is 3. The summed E-state index contributed by atoms with van der Waals surface area (Å²) in [4.78, 5) is 22.8. The lowest BCUT2D eigenvalue weighted by Gasteiger charge is -2.08. The number of rotatable bonds is 6. The topological polar surface area (TPSA) is 70.2 Å². The highest BCUT2D eigenvalue weighted by Crippen LogP contribution is 2.13. The van der Waals surface area contributed by atoms with Gasteiger partial charge in [0.1, 0.15) is 0 Å². The van der Waals surface area contributed by atoms with Gasteiger partial charge in [0.05, 0.1) is 6.54 Å². The van der Waals surface area contributed by atoms with E-state index in [0.29, 0.717) is 17.9 Å². The van der Waals surface area contributed by atoms with Crippen molar-refractivity contribution in [1.82, 2.24) is 5.32 Å². The number of aryl methyl sites for hydroxylation is 1. The van der Waals surface area contributed by atoms with Gasteiger partial charge in [-0.3, -0.25) is 9.59 Å². The van der Waals surface area contributed by atoms with Crippen LogP contribution in [0.5, 0.6) is 0 Å². The first kappa shape index (κ1) is 16.7. The molecule has 0 spiro atoms. The lowest BCUT2D eigenvalue weighted by Crippen LogP contribution is -2.27. The molecule has 0 saturated heterocycles. The molecule has 0 radical (unpaired) electrons. The van der Waals surface area contributed by atoms with Crippen LogP contribution in [0, 0.1) is 6.92 Å². The minimum Gasteiger partial charge on any atom is -0.326 e. The number of benzene rings is 2. The van der Waals surface area contributed by atoms with Gasteiger partial charge >= 0.3 is 0 Å². The Morgan fingerprint density at radius 3 is 2.00 bits per heavy atom. The summed E-state index contributed by atoms with van der Waals surface area (Å²) in [7, 11) is 0. The fourth-order valence-corrected chi connectivity index (χ4v) is 2.07. The second-order valence-corrected chi connectivity index (χ2v) is 5.40. The summed E-state index contributed by atoms with van der Waals surface area (Å²) >= 11 is 0. The standard InChI is InChI=1S/C18H21N3O2/c1-13-3-5-15(6-4-13)11-19-12-18(23)21-17-9-7-16(8-10-17)20-14(2)22/h3-10,19H,11-12H2,1-2H3,(H,20,22)(H,21,23). The summed E-state index contributed by atoms with van der Waals surface area (Å²) in [6, 6.07) is 15.2. The lowest BCUT2D eigenvalue weighted by molar-refractivity contribution is -0.115. The second kappa shape index (κ2) is 8.10. The van der Waals surface area contributed by atoms with Gasteiger partial charge in [-0.15, -0.1) is 0 Å². The maximum atomic E-state index is 11.9. The van der Waals surface area contributed by atoms with Gasteiger partial charge in [0, 0.05) is 24.8 Å². The third kappa shape index (κ3) is 5.92. The molecule has 2 aromatic rings. The van der Waals surface area contributed by atoms with E-state index in [1.807, 2.05) is 31.2 Å². The molecular weight excluding hydrogens is 290 g/mol. The van der Waals surface area contributed by atoms with Crippen LogP contribution in [0.15, 0.2) is 48.5 Å². The highest BCUT2D eigenvalue weighted by atomic mass is 16.2. The fraction of sp³-hybridized carbons (Fsp3) is 0.222. The van der Waals surface area contributed by atoms with E-state index in [0.717, 1.165) is 5.56 Å². The van der Waals surface area contributed by atoms with Crippen molar-refractivity contribution in [3.8, 4) is 0 Å². The van der Waals surface area contributed by atoms with E-state index in [4.69, 9.17) is 0 Å². The van der Waals surface area contributed by atoms with Crippen molar-refractivity contribution in [1.29, 1.82) is 0 Å². The number of nitrogens with one attached hydrogen (secondary N) is 3. The SMILES string of the molecule is CC(=O)Nc1ccc(NC(=O)CNCc2ccc(C)cc2)cc1. The van der Waals surface area contributed by atoms with Crippen molar-refractivity contribution >= 4 is 23.2 Å². The van der Waals surface area contributed by atoms with Gasteiger partial charge in [0.2, 0.25) is 11.8 Å². The van der Waals surface area contributed by atoms with Crippen LogP contribution in [0.25, 0.3) is 0 Å². The van der Waals surface area contributed by atoms with Crippen molar-refractivity contribution in [2.45, 2.75) is 20.4 Å². The Labute approximate surface area is 136 Å². The predicted octanol–water partition coefficient (Wildman–Crippen LogP) is 2.68. The van der Waals surface area contributed by atoms with Crippen molar-refractivity contribution in [2.75, 3.05) is 17.2 Å². The Morgan fingerprint density at radius 1 is 0.870 bits per heavy atom. The molecule has 0 atom stereocenters. The maximum absolute atomic E-state index is 11.9. The van der Waals surface area contributed by atoms with E-state index in [1.165, 1.54) is 12.5 Å². The van der Waals surface area contributed by atoms with Crippen molar-refractivity contribution in [2.24, 2.45) is 0 Å². The van der Waals surface area contributed by atoms with Gasteiger partial charge in [-0.05, 0) is 36.8 Å². The van der Waals surface area contributed by atoms with Gasteiger partial charge in [-0.1, -0.05) is 29.8 Å². The highest BCUT2D eigenvalue weighted by molar-refractivity contribution is 5.93. The summed E-state index contributed by atoms with van der Waals surface area (Å²) in [5.74, 6) is -0.230. The molecular formula is C18H21N3O2. The molecule has 0 unspecified atom stereocenters. The number of anilines is 2. The Morgan fingerprint density at radius 2 is 1.43 bits per heavy atom. The van der Waals surface area contributed by atoms with Crippen molar-refractivity contribution in [3.63, 3.8) is 0 Å². The van der Waals surface area contributed by atoms with Crippen LogP contribution in [-0.2, 0) is 16.1 Å². The molecule has 0 aromatic heterocycles. The van der Waals surface area contributed by atoms with Gasteiger partial charge < -0.3 is 16.0 Å². The normalized spacial score (nSPS) is 10.2. The Balaban J connectivity index is 1.76. The van der Waals surface area contributed by atoms with E-state index >= 15 is 0 Å². The molecule has 5 heteroatoms. The average molecular weight is 311 g/mol. The molecule has 0 heterocycles. The lowest BCUT2D eigenvalue weighted by atomic mass is 10.1. The van der Waals surface area contributed by atoms with Crippen LogP contribution in [0.2, 0.25) is 0 Å². The largest absolute Gasteiger partial charge is 0.326 e. The zero-order valence-corrected chi connectivity index (χ0v) is 13.3. The van der Waals surface area contributed by atoms with E-state index < -0.39 is 0 Å². The zero-order valence-electron chi connectivity index (χ0n) is 13.3. The summed E-state index contributed by atoms with van der Waals surface area (Å²) in [6.45, 7) is 4.38. The first-order chi connectivity index (χ1) is 11.0. The molecule has 2 amide bonds.